The zero-order valence-corrected chi connectivity index (χ0v) is 17.7. The molecule has 28 heavy (non-hydrogen) atoms. The number of thiophene rings is 1. The number of benzene rings is 1. The predicted molar refractivity (Wildman–Crippen MR) is 111 cm³/mol. The number of nitrogens with one attached hydrogen (secondary N) is 1. The molecule has 1 amide bonds. The molecule has 1 saturated heterocycles. The number of morpholine rings is 1. The molecule has 0 spiro atoms. The van der Waals surface area contributed by atoms with Crippen LogP contribution in [0, 0.1) is 0 Å². The van der Waals surface area contributed by atoms with E-state index in [0.29, 0.717) is 42.6 Å². The molecule has 0 radical (unpaired) electrons. The largest absolute Gasteiger partial charge is 0.379 e. The van der Waals surface area contributed by atoms with Crippen LogP contribution in [0.15, 0.2) is 40.6 Å². The Morgan fingerprint density at radius 3 is 2.50 bits per heavy atom. The van der Waals surface area contributed by atoms with Crippen molar-refractivity contribution in [1.29, 1.82) is 0 Å². The van der Waals surface area contributed by atoms with Crippen LogP contribution in [0.5, 0.6) is 0 Å². The van der Waals surface area contributed by atoms with Crippen molar-refractivity contribution in [3.8, 4) is 10.4 Å². The van der Waals surface area contributed by atoms with E-state index in [4.69, 9.17) is 4.74 Å². The first-order chi connectivity index (χ1) is 13.5. The van der Waals surface area contributed by atoms with Crippen LogP contribution in [-0.4, -0.2) is 51.5 Å². The van der Waals surface area contributed by atoms with Gasteiger partial charge in [-0.25, -0.2) is 8.42 Å². The van der Waals surface area contributed by atoms with Gasteiger partial charge in [0.25, 0.3) is 15.9 Å². The fourth-order valence-electron chi connectivity index (χ4n) is 2.99. The van der Waals surface area contributed by atoms with Gasteiger partial charge in [0, 0.05) is 30.1 Å². The highest BCUT2D eigenvalue weighted by Crippen LogP contribution is 2.32. The van der Waals surface area contributed by atoms with Crippen molar-refractivity contribution < 1.29 is 17.9 Å². The van der Waals surface area contributed by atoms with E-state index in [1.165, 1.54) is 15.6 Å². The molecule has 1 aromatic heterocycles. The van der Waals surface area contributed by atoms with E-state index in [1.54, 1.807) is 18.2 Å². The highest BCUT2D eigenvalue weighted by Gasteiger charge is 2.27. The smallest absolute Gasteiger partial charge is 0.252 e. The highest BCUT2D eigenvalue weighted by atomic mass is 32.2. The Kier molecular flexibility index (Phi) is 7.23. The first kappa shape index (κ1) is 21.0. The van der Waals surface area contributed by atoms with Gasteiger partial charge in [0.1, 0.15) is 4.21 Å². The number of carbonyl (C=O) groups excluding carboxylic acids is 1. The van der Waals surface area contributed by atoms with E-state index in [0.717, 1.165) is 29.7 Å². The van der Waals surface area contributed by atoms with Crippen LogP contribution < -0.4 is 5.32 Å². The molecule has 152 valence electrons. The van der Waals surface area contributed by atoms with E-state index in [-0.39, 0.29) is 5.91 Å². The molecule has 0 aliphatic carbocycles. The summed E-state index contributed by atoms with van der Waals surface area (Å²) in [4.78, 5) is 13.0. The molecule has 1 fully saturated rings. The number of carbonyl (C=O) groups is 1. The number of rotatable bonds is 8. The first-order valence-corrected chi connectivity index (χ1v) is 11.8. The first-order valence-electron chi connectivity index (χ1n) is 9.58. The lowest BCUT2D eigenvalue weighted by Crippen LogP contribution is -2.40. The maximum atomic E-state index is 12.8. The number of hydrogen-bond acceptors (Lipinski definition) is 5. The lowest BCUT2D eigenvalue weighted by molar-refractivity contribution is 0.0731. The summed E-state index contributed by atoms with van der Waals surface area (Å²) in [7, 11) is -3.48. The lowest BCUT2D eigenvalue weighted by atomic mass is 10.1. The molecular formula is C20H26N2O4S2. The molecular weight excluding hydrogens is 396 g/mol. The summed E-state index contributed by atoms with van der Waals surface area (Å²) >= 11 is 1.25. The summed E-state index contributed by atoms with van der Waals surface area (Å²) in [5, 5.41) is 2.92. The fraction of sp³-hybridized carbons (Fsp3) is 0.450. The summed E-state index contributed by atoms with van der Waals surface area (Å²) in [6.45, 7) is 4.44. The minimum atomic E-state index is -3.48. The molecule has 1 aliphatic rings. The van der Waals surface area contributed by atoms with E-state index >= 15 is 0 Å². The normalized spacial score (nSPS) is 15.5. The van der Waals surface area contributed by atoms with Crippen molar-refractivity contribution in [2.45, 2.75) is 30.4 Å². The van der Waals surface area contributed by atoms with Crippen LogP contribution in [0.1, 0.15) is 36.5 Å². The van der Waals surface area contributed by atoms with Gasteiger partial charge in [0.15, 0.2) is 0 Å². The van der Waals surface area contributed by atoms with Crippen molar-refractivity contribution in [2.75, 3.05) is 32.8 Å². The number of hydrogen-bond donors (Lipinski definition) is 1. The topological polar surface area (TPSA) is 75.7 Å². The van der Waals surface area contributed by atoms with Gasteiger partial charge in [-0.1, -0.05) is 31.9 Å². The minimum absolute atomic E-state index is 0.0792. The number of unbranched alkanes of at least 4 members (excludes halogenated alkanes) is 2. The second-order valence-electron chi connectivity index (χ2n) is 6.68. The Bertz CT molecular complexity index is 885. The summed E-state index contributed by atoms with van der Waals surface area (Å²) in [6.07, 6.45) is 3.21. The molecule has 0 bridgehead atoms. The van der Waals surface area contributed by atoms with Gasteiger partial charge in [-0.05, 0) is 36.2 Å². The molecule has 2 heterocycles. The Labute approximate surface area is 170 Å². The summed E-state index contributed by atoms with van der Waals surface area (Å²) in [6, 6.07) is 10.7. The van der Waals surface area contributed by atoms with Gasteiger partial charge in [-0.2, -0.15) is 4.31 Å². The van der Waals surface area contributed by atoms with E-state index in [2.05, 4.69) is 12.2 Å². The fourth-order valence-corrected chi connectivity index (χ4v) is 5.87. The third-order valence-corrected chi connectivity index (χ3v) is 8.14. The zero-order valence-electron chi connectivity index (χ0n) is 16.0. The molecule has 0 saturated carbocycles. The quantitative estimate of drug-likeness (QED) is 0.662. The molecule has 3 rings (SSSR count). The van der Waals surface area contributed by atoms with Crippen molar-refractivity contribution in [1.82, 2.24) is 9.62 Å². The summed E-state index contributed by atoms with van der Waals surface area (Å²) < 4.78 is 32.5. The molecule has 1 aromatic carbocycles. The molecule has 6 nitrogen and oxygen atoms in total. The average Bonchev–Trinajstić information content (AvgIpc) is 3.23. The van der Waals surface area contributed by atoms with Crippen LogP contribution in [0.25, 0.3) is 10.4 Å². The molecule has 0 atom stereocenters. The minimum Gasteiger partial charge on any atom is -0.379 e. The van der Waals surface area contributed by atoms with Gasteiger partial charge in [0.2, 0.25) is 0 Å². The zero-order chi connectivity index (χ0) is 20.0. The number of ether oxygens (including phenoxy) is 1. The van der Waals surface area contributed by atoms with Gasteiger partial charge < -0.3 is 10.1 Å². The van der Waals surface area contributed by atoms with Crippen LogP contribution in [0.4, 0.5) is 0 Å². The SMILES string of the molecule is CCCCCNC(=O)c1ccc(-c2ccc(S(=O)(=O)N3CCOCC3)s2)cc1. The van der Waals surface area contributed by atoms with Crippen molar-refractivity contribution in [2.24, 2.45) is 0 Å². The van der Waals surface area contributed by atoms with Crippen molar-refractivity contribution in [3.05, 3.63) is 42.0 Å². The predicted octanol–water partition coefficient (Wildman–Crippen LogP) is 3.36. The highest BCUT2D eigenvalue weighted by molar-refractivity contribution is 7.91. The van der Waals surface area contributed by atoms with Crippen molar-refractivity contribution >= 4 is 27.3 Å². The third-order valence-electron chi connectivity index (χ3n) is 4.64. The van der Waals surface area contributed by atoms with Gasteiger partial charge in [0.05, 0.1) is 13.2 Å². The van der Waals surface area contributed by atoms with Crippen LogP contribution in [0.3, 0.4) is 0 Å². The maximum Gasteiger partial charge on any atom is 0.252 e. The van der Waals surface area contributed by atoms with Crippen molar-refractivity contribution in [3.63, 3.8) is 0 Å². The van der Waals surface area contributed by atoms with Crippen LogP contribution in [0.2, 0.25) is 0 Å². The third kappa shape index (κ3) is 5.00. The maximum absolute atomic E-state index is 12.8. The Morgan fingerprint density at radius 1 is 1.11 bits per heavy atom. The molecule has 1 N–H and O–H groups in total. The van der Waals surface area contributed by atoms with Crippen LogP contribution >= 0.6 is 11.3 Å². The Balaban J connectivity index is 1.67. The molecule has 2 aromatic rings. The monoisotopic (exact) mass is 422 g/mol. The van der Waals surface area contributed by atoms with E-state index < -0.39 is 10.0 Å². The molecule has 0 unspecified atom stereocenters. The van der Waals surface area contributed by atoms with Gasteiger partial charge in [-0.15, -0.1) is 11.3 Å². The van der Waals surface area contributed by atoms with Gasteiger partial charge >= 0.3 is 0 Å². The molecule has 8 heteroatoms. The van der Waals surface area contributed by atoms with E-state index in [1.807, 2.05) is 18.2 Å². The lowest BCUT2D eigenvalue weighted by Gasteiger charge is -2.25. The number of amides is 1. The van der Waals surface area contributed by atoms with Gasteiger partial charge in [-0.3, -0.25) is 4.79 Å². The standard InChI is InChI=1S/C20H26N2O4S2/c1-2-3-4-11-21-20(23)17-7-5-16(6-8-17)18-9-10-19(27-18)28(24,25)22-12-14-26-15-13-22/h5-10H,2-4,11-15H2,1H3,(H,21,23). The molecule has 1 aliphatic heterocycles. The van der Waals surface area contributed by atoms with E-state index in [9.17, 15) is 13.2 Å². The Morgan fingerprint density at radius 2 is 1.82 bits per heavy atom. The number of nitrogens with zero attached hydrogens (tertiary/aromatic N) is 1. The number of sulfonamides is 1. The second-order valence-corrected chi connectivity index (χ2v) is 9.92. The van der Waals surface area contributed by atoms with Crippen LogP contribution in [-0.2, 0) is 14.8 Å². The summed E-state index contributed by atoms with van der Waals surface area (Å²) in [5.74, 6) is -0.0792. The Hall–Kier alpha value is -1.74. The second kappa shape index (κ2) is 9.65. The average molecular weight is 423 g/mol. The summed E-state index contributed by atoms with van der Waals surface area (Å²) in [5.41, 5.74) is 1.51.